The summed E-state index contributed by atoms with van der Waals surface area (Å²) in [6.07, 6.45) is -0.293. The van der Waals surface area contributed by atoms with Crippen LogP contribution < -0.4 is 5.32 Å². The lowest BCUT2D eigenvalue weighted by atomic mass is 10.1. The molecule has 0 aliphatic carbocycles. The Hall–Kier alpha value is -2.06. The van der Waals surface area contributed by atoms with Gasteiger partial charge in [-0.3, -0.25) is 4.79 Å². The first-order chi connectivity index (χ1) is 14.3. The Labute approximate surface area is 181 Å². The quantitative estimate of drug-likeness (QED) is 0.704. The van der Waals surface area contributed by atoms with E-state index >= 15 is 0 Å². The molecule has 0 fully saturated rings. The van der Waals surface area contributed by atoms with E-state index in [0.29, 0.717) is 21.5 Å². The van der Waals surface area contributed by atoms with Gasteiger partial charge in [-0.1, -0.05) is 17.7 Å². The molecular weight excluding hydrogens is 448 g/mol. The van der Waals surface area contributed by atoms with Gasteiger partial charge in [0, 0.05) is 34.2 Å². The van der Waals surface area contributed by atoms with Gasteiger partial charge < -0.3 is 19.5 Å². The predicted molar refractivity (Wildman–Crippen MR) is 111 cm³/mol. The third-order valence-corrected chi connectivity index (χ3v) is 5.37. The number of aromatic nitrogens is 2. The molecule has 7 nitrogen and oxygen atoms in total. The molecule has 2 aromatic rings. The Balaban J connectivity index is 1.93. The zero-order valence-corrected chi connectivity index (χ0v) is 18.0. The Morgan fingerprint density at radius 3 is 2.82 bits per heavy atom. The summed E-state index contributed by atoms with van der Waals surface area (Å²) >= 11 is 9.49. The molecule has 0 bridgehead atoms. The van der Waals surface area contributed by atoms with Crippen molar-refractivity contribution in [1.82, 2.24) is 14.5 Å². The maximum Gasteiger partial charge on any atom is 0.410 e. The van der Waals surface area contributed by atoms with Crippen molar-refractivity contribution in [2.45, 2.75) is 39.3 Å². The van der Waals surface area contributed by atoms with Crippen LogP contribution in [0.3, 0.4) is 0 Å². The maximum absolute atomic E-state index is 12.9. The highest BCUT2D eigenvalue weighted by Crippen LogP contribution is 2.30. The number of benzene rings is 1. The molecule has 1 aromatic heterocycles. The summed E-state index contributed by atoms with van der Waals surface area (Å²) in [5.74, 6) is -0.985. The van der Waals surface area contributed by atoms with Crippen molar-refractivity contribution in [2.24, 2.45) is 6.98 Å². The average Bonchev–Trinajstić information content (AvgIpc) is 3.03. The Morgan fingerprint density at radius 1 is 1.39 bits per heavy atom. The summed E-state index contributed by atoms with van der Waals surface area (Å²) in [4.78, 5) is 31.1. The predicted octanol–water partition coefficient (Wildman–Crippen LogP) is 4.38. The highest BCUT2D eigenvalue weighted by molar-refractivity contribution is 9.10. The fourth-order valence-electron chi connectivity index (χ4n) is 2.80. The SMILES string of the molecule is [2H]C([2H])([2H])n1c(C(=O)Nc2cccc(Br)c2Cl)nc2c1CCN(C(=O)OC(C)(C)C)C2. The number of hydrogen-bond donors (Lipinski definition) is 1. The van der Waals surface area contributed by atoms with Gasteiger partial charge in [-0.05, 0) is 48.8 Å². The number of rotatable bonds is 2. The van der Waals surface area contributed by atoms with Crippen molar-refractivity contribution in [3.8, 4) is 0 Å². The molecule has 0 saturated carbocycles. The molecule has 1 aliphatic rings. The van der Waals surface area contributed by atoms with Crippen LogP contribution >= 0.6 is 27.5 Å². The average molecular weight is 473 g/mol. The number of nitrogens with zero attached hydrogens (tertiary/aromatic N) is 3. The van der Waals surface area contributed by atoms with Gasteiger partial charge >= 0.3 is 6.09 Å². The zero-order chi connectivity index (χ0) is 23.1. The van der Waals surface area contributed by atoms with Crippen LogP contribution in [0, 0.1) is 0 Å². The fraction of sp³-hybridized carbons (Fsp3) is 0.421. The number of nitrogens with one attached hydrogen (secondary N) is 1. The van der Waals surface area contributed by atoms with Gasteiger partial charge in [0.2, 0.25) is 0 Å². The van der Waals surface area contributed by atoms with Gasteiger partial charge in [-0.15, -0.1) is 0 Å². The molecule has 0 saturated heterocycles. The topological polar surface area (TPSA) is 76.5 Å². The number of imidazole rings is 1. The maximum atomic E-state index is 12.9. The molecular formula is C19H22BrClN4O3. The van der Waals surface area contributed by atoms with E-state index in [0.717, 1.165) is 4.57 Å². The zero-order valence-electron chi connectivity index (χ0n) is 18.7. The summed E-state index contributed by atoms with van der Waals surface area (Å²) in [6.45, 7) is 2.97. The van der Waals surface area contributed by atoms with E-state index in [1.54, 1.807) is 39.0 Å². The van der Waals surface area contributed by atoms with Gasteiger partial charge in [0.15, 0.2) is 5.82 Å². The van der Waals surface area contributed by atoms with Crippen molar-refractivity contribution in [2.75, 3.05) is 11.9 Å². The number of fused-ring (bicyclic) bond motifs is 1. The van der Waals surface area contributed by atoms with Crippen molar-refractivity contribution in [1.29, 1.82) is 0 Å². The smallest absolute Gasteiger partial charge is 0.410 e. The Bertz CT molecular complexity index is 1030. The first-order valence-electron chi connectivity index (χ1n) is 10.1. The van der Waals surface area contributed by atoms with Crippen LogP contribution in [0.25, 0.3) is 0 Å². The molecule has 1 aromatic carbocycles. The normalized spacial score (nSPS) is 15.9. The Kier molecular flexibility index (Phi) is 4.67. The number of anilines is 1. The third-order valence-electron chi connectivity index (χ3n) is 4.07. The number of carbonyl (C=O) groups is 2. The molecule has 1 aliphatic heterocycles. The van der Waals surface area contributed by atoms with Gasteiger partial charge in [0.25, 0.3) is 5.91 Å². The molecule has 1 N–H and O–H groups in total. The molecule has 0 radical (unpaired) electrons. The second kappa shape index (κ2) is 7.75. The summed E-state index contributed by atoms with van der Waals surface area (Å²) in [5.41, 5.74) is 0.391. The second-order valence-electron chi connectivity index (χ2n) is 7.37. The molecule has 2 heterocycles. The van der Waals surface area contributed by atoms with Crippen molar-refractivity contribution < 1.29 is 18.4 Å². The van der Waals surface area contributed by atoms with Crippen LogP contribution in [-0.2, 0) is 24.7 Å². The minimum Gasteiger partial charge on any atom is -0.444 e. The van der Waals surface area contributed by atoms with Crippen LogP contribution in [0.2, 0.25) is 5.02 Å². The highest BCUT2D eigenvalue weighted by atomic mass is 79.9. The molecule has 0 unspecified atom stereocenters. The van der Waals surface area contributed by atoms with Crippen molar-refractivity contribution in [3.05, 3.63) is 44.9 Å². The minimum absolute atomic E-state index is 0.0469. The monoisotopic (exact) mass is 471 g/mol. The third kappa shape index (κ3) is 4.33. The first-order valence-corrected chi connectivity index (χ1v) is 9.79. The van der Waals surface area contributed by atoms with Gasteiger partial charge in [-0.2, -0.15) is 0 Å². The lowest BCUT2D eigenvalue weighted by molar-refractivity contribution is 0.0220. The van der Waals surface area contributed by atoms with Gasteiger partial charge in [0.05, 0.1) is 22.9 Å². The molecule has 0 atom stereocenters. The van der Waals surface area contributed by atoms with Crippen molar-refractivity contribution in [3.63, 3.8) is 0 Å². The first kappa shape index (κ1) is 16.9. The van der Waals surface area contributed by atoms with E-state index in [1.807, 2.05) is 0 Å². The van der Waals surface area contributed by atoms with E-state index in [9.17, 15) is 9.59 Å². The molecule has 150 valence electrons. The van der Waals surface area contributed by atoms with Crippen LogP contribution in [0.5, 0.6) is 0 Å². The van der Waals surface area contributed by atoms with E-state index in [2.05, 4.69) is 26.2 Å². The standard InChI is InChI=1S/C19H22BrClN4O3/c1-19(2,3)28-18(27)25-9-8-14-13(10-25)22-16(24(14)4)17(26)23-12-7-5-6-11(20)15(12)21/h5-7H,8-10H2,1-4H3,(H,23,26)/i4D3. The molecule has 28 heavy (non-hydrogen) atoms. The van der Waals surface area contributed by atoms with Crippen molar-refractivity contribution >= 4 is 45.2 Å². The number of amides is 2. The van der Waals surface area contributed by atoms with Crippen LogP contribution in [0.15, 0.2) is 22.7 Å². The number of hydrogen-bond acceptors (Lipinski definition) is 4. The lowest BCUT2D eigenvalue weighted by Gasteiger charge is -2.29. The number of carbonyl (C=O) groups excluding carboxylic acids is 2. The molecule has 3 rings (SSSR count). The summed E-state index contributed by atoms with van der Waals surface area (Å²) in [6, 6.07) is 4.99. The fourth-order valence-corrected chi connectivity index (χ4v) is 3.34. The van der Waals surface area contributed by atoms with Gasteiger partial charge in [0.1, 0.15) is 5.60 Å². The van der Waals surface area contributed by atoms with E-state index in [1.165, 1.54) is 4.90 Å². The molecule has 2 amide bonds. The second-order valence-corrected chi connectivity index (χ2v) is 8.60. The molecule has 0 spiro atoms. The number of halogens is 2. The van der Waals surface area contributed by atoms with E-state index < -0.39 is 24.6 Å². The van der Waals surface area contributed by atoms with Crippen LogP contribution in [0.4, 0.5) is 10.5 Å². The van der Waals surface area contributed by atoms with E-state index in [-0.39, 0.29) is 30.4 Å². The minimum atomic E-state index is -2.62. The number of ether oxygens (including phenoxy) is 1. The van der Waals surface area contributed by atoms with Crippen LogP contribution in [-0.4, -0.2) is 38.6 Å². The Morgan fingerprint density at radius 2 is 2.14 bits per heavy atom. The summed E-state index contributed by atoms with van der Waals surface area (Å²) in [7, 11) is 0. The summed E-state index contributed by atoms with van der Waals surface area (Å²) in [5, 5.41) is 2.90. The molecule has 9 heteroatoms. The lowest BCUT2D eigenvalue weighted by Crippen LogP contribution is -2.40. The van der Waals surface area contributed by atoms with Crippen LogP contribution in [0.1, 0.15) is 46.9 Å². The largest absolute Gasteiger partial charge is 0.444 e. The highest BCUT2D eigenvalue weighted by Gasteiger charge is 2.30. The van der Waals surface area contributed by atoms with Gasteiger partial charge in [-0.25, -0.2) is 9.78 Å². The van der Waals surface area contributed by atoms with E-state index in [4.69, 9.17) is 20.5 Å². The summed E-state index contributed by atoms with van der Waals surface area (Å²) < 4.78 is 30.7.